The summed E-state index contributed by atoms with van der Waals surface area (Å²) in [5.74, 6) is 3.67. The number of nitrogens with zero attached hydrogens (tertiary/aromatic N) is 3. The summed E-state index contributed by atoms with van der Waals surface area (Å²) in [5.41, 5.74) is 1.90. The molecule has 1 atom stereocenters. The molecule has 2 aliphatic heterocycles. The fourth-order valence-electron chi connectivity index (χ4n) is 3.78. The number of fused-ring (bicyclic) bond motifs is 1. The topological polar surface area (TPSA) is 69.9 Å². The molecular weight excluding hydrogens is 394 g/mol. The molecule has 2 aromatic carbocycles. The highest BCUT2D eigenvalue weighted by Gasteiger charge is 2.29. The van der Waals surface area contributed by atoms with Crippen LogP contribution in [0, 0.1) is 0 Å². The number of halogens is 1. The lowest BCUT2D eigenvalue weighted by atomic mass is 10.1. The van der Waals surface area contributed by atoms with Crippen molar-refractivity contribution in [2.45, 2.75) is 18.9 Å². The second kappa shape index (κ2) is 7.57. The van der Waals surface area contributed by atoms with E-state index in [1.165, 1.54) is 0 Å². The molecule has 0 aliphatic carbocycles. The van der Waals surface area contributed by atoms with Crippen LogP contribution in [0.25, 0.3) is 11.4 Å². The van der Waals surface area contributed by atoms with Gasteiger partial charge in [0.15, 0.2) is 11.5 Å². The molecule has 0 bridgehead atoms. The Labute approximate surface area is 173 Å². The summed E-state index contributed by atoms with van der Waals surface area (Å²) >= 11 is 6.42. The van der Waals surface area contributed by atoms with E-state index < -0.39 is 0 Å². The molecule has 29 heavy (non-hydrogen) atoms. The zero-order valence-corrected chi connectivity index (χ0v) is 16.7. The van der Waals surface area contributed by atoms with E-state index in [0.717, 1.165) is 48.7 Å². The third-order valence-corrected chi connectivity index (χ3v) is 5.68. The van der Waals surface area contributed by atoms with Crippen LogP contribution in [0.15, 0.2) is 40.9 Å². The molecule has 3 heterocycles. The molecule has 0 amide bonds. The van der Waals surface area contributed by atoms with Gasteiger partial charge >= 0.3 is 0 Å². The highest BCUT2D eigenvalue weighted by Crippen LogP contribution is 2.38. The van der Waals surface area contributed by atoms with Crippen LogP contribution in [0.5, 0.6) is 17.2 Å². The lowest BCUT2D eigenvalue weighted by Crippen LogP contribution is -2.20. The van der Waals surface area contributed by atoms with Gasteiger partial charge in [0.2, 0.25) is 18.5 Å². The summed E-state index contributed by atoms with van der Waals surface area (Å²) in [6.45, 7) is 2.76. The number of likely N-dealkylation sites (tertiary alicyclic amines) is 1. The zero-order valence-electron chi connectivity index (χ0n) is 15.9. The molecule has 0 saturated carbocycles. The lowest BCUT2D eigenvalue weighted by molar-refractivity contribution is 0.174. The molecule has 1 saturated heterocycles. The molecule has 8 heteroatoms. The number of hydrogen-bond donors (Lipinski definition) is 0. The van der Waals surface area contributed by atoms with Gasteiger partial charge in [0.25, 0.3) is 0 Å². The van der Waals surface area contributed by atoms with Crippen molar-refractivity contribution in [3.05, 3.63) is 52.9 Å². The van der Waals surface area contributed by atoms with Gasteiger partial charge in [-0.05, 0) is 36.7 Å². The van der Waals surface area contributed by atoms with E-state index in [-0.39, 0.29) is 12.7 Å². The molecule has 1 aromatic heterocycles. The van der Waals surface area contributed by atoms with Crippen LogP contribution in [-0.2, 0) is 6.54 Å². The molecule has 2 aliphatic rings. The summed E-state index contributed by atoms with van der Waals surface area (Å²) in [5, 5.41) is 4.85. The van der Waals surface area contributed by atoms with Gasteiger partial charge in [-0.15, -0.1) is 0 Å². The maximum Gasteiger partial charge on any atom is 0.231 e. The second-order valence-corrected chi connectivity index (χ2v) is 7.61. The van der Waals surface area contributed by atoms with E-state index in [1.54, 1.807) is 7.11 Å². The number of hydrogen-bond acceptors (Lipinski definition) is 7. The highest BCUT2D eigenvalue weighted by molar-refractivity contribution is 6.31. The Hall–Kier alpha value is -2.77. The van der Waals surface area contributed by atoms with Crippen LogP contribution in [-0.4, -0.2) is 42.0 Å². The standard InChI is InChI=1S/C21H20ClN3O4/c1-26-16-4-2-3-13(7-16)20-23-21(29-24-20)14-5-6-25(10-14)11-15-8-18-19(9-17(15)22)28-12-27-18/h2-4,7-9,14H,5-6,10-12H2,1H3/t14-/m1/s1. The van der Waals surface area contributed by atoms with E-state index in [2.05, 4.69) is 15.0 Å². The maximum absolute atomic E-state index is 6.42. The van der Waals surface area contributed by atoms with E-state index in [0.29, 0.717) is 22.5 Å². The minimum atomic E-state index is 0.203. The molecule has 3 aromatic rings. The molecule has 5 rings (SSSR count). The third kappa shape index (κ3) is 3.63. The van der Waals surface area contributed by atoms with Gasteiger partial charge in [0.05, 0.1) is 13.0 Å². The summed E-state index contributed by atoms with van der Waals surface area (Å²) in [6.07, 6.45) is 0.960. The van der Waals surface area contributed by atoms with Gasteiger partial charge in [-0.25, -0.2) is 0 Å². The largest absolute Gasteiger partial charge is 0.497 e. The quantitative estimate of drug-likeness (QED) is 0.623. The fraction of sp³-hybridized carbons (Fsp3) is 0.333. The minimum absolute atomic E-state index is 0.203. The smallest absolute Gasteiger partial charge is 0.231 e. The van der Waals surface area contributed by atoms with Gasteiger partial charge in [-0.3, -0.25) is 4.90 Å². The van der Waals surface area contributed by atoms with Crippen molar-refractivity contribution in [1.82, 2.24) is 15.0 Å². The van der Waals surface area contributed by atoms with Crippen molar-refractivity contribution in [2.24, 2.45) is 0 Å². The van der Waals surface area contributed by atoms with Crippen LogP contribution < -0.4 is 14.2 Å². The molecule has 0 unspecified atom stereocenters. The van der Waals surface area contributed by atoms with Gasteiger partial charge in [0.1, 0.15) is 5.75 Å². The zero-order chi connectivity index (χ0) is 19.8. The van der Waals surface area contributed by atoms with E-state index in [1.807, 2.05) is 36.4 Å². The average Bonchev–Trinajstić information content (AvgIpc) is 3.48. The first-order chi connectivity index (χ1) is 14.2. The lowest BCUT2D eigenvalue weighted by Gasteiger charge is -2.16. The van der Waals surface area contributed by atoms with Crippen molar-refractivity contribution in [3.8, 4) is 28.6 Å². The minimum Gasteiger partial charge on any atom is -0.497 e. The predicted octanol–water partition coefficient (Wildman–Crippen LogP) is 4.12. The Morgan fingerprint density at radius 1 is 1.21 bits per heavy atom. The molecule has 0 N–H and O–H groups in total. The van der Waals surface area contributed by atoms with Crippen LogP contribution >= 0.6 is 11.6 Å². The van der Waals surface area contributed by atoms with E-state index >= 15 is 0 Å². The van der Waals surface area contributed by atoms with Gasteiger partial charge in [0, 0.05) is 29.7 Å². The number of rotatable bonds is 5. The van der Waals surface area contributed by atoms with Gasteiger partial charge in [-0.2, -0.15) is 4.98 Å². The normalized spacial score (nSPS) is 18.3. The molecular formula is C21H20ClN3O4. The second-order valence-electron chi connectivity index (χ2n) is 7.21. The average molecular weight is 414 g/mol. The molecule has 0 spiro atoms. The number of ether oxygens (including phenoxy) is 3. The summed E-state index contributed by atoms with van der Waals surface area (Å²) in [7, 11) is 1.64. The first kappa shape index (κ1) is 18.3. The number of methoxy groups -OCH3 is 1. The Morgan fingerprint density at radius 3 is 2.93 bits per heavy atom. The number of aromatic nitrogens is 2. The van der Waals surface area contributed by atoms with Crippen molar-refractivity contribution >= 4 is 11.6 Å². The Balaban J connectivity index is 1.27. The predicted molar refractivity (Wildman–Crippen MR) is 106 cm³/mol. The van der Waals surface area contributed by atoms with E-state index in [4.69, 9.17) is 30.3 Å². The van der Waals surface area contributed by atoms with Gasteiger partial charge < -0.3 is 18.7 Å². The first-order valence-corrected chi connectivity index (χ1v) is 9.86. The number of benzene rings is 2. The third-order valence-electron chi connectivity index (χ3n) is 5.33. The highest BCUT2D eigenvalue weighted by atomic mass is 35.5. The molecule has 0 radical (unpaired) electrons. The summed E-state index contributed by atoms with van der Waals surface area (Å²) in [6, 6.07) is 11.4. The van der Waals surface area contributed by atoms with Gasteiger partial charge in [-0.1, -0.05) is 28.9 Å². The van der Waals surface area contributed by atoms with Crippen LogP contribution in [0.2, 0.25) is 5.02 Å². The van der Waals surface area contributed by atoms with Crippen molar-refractivity contribution in [1.29, 1.82) is 0 Å². The van der Waals surface area contributed by atoms with Crippen molar-refractivity contribution < 1.29 is 18.7 Å². The Kier molecular flexibility index (Phi) is 4.77. The van der Waals surface area contributed by atoms with Crippen LogP contribution in [0.4, 0.5) is 0 Å². The summed E-state index contributed by atoms with van der Waals surface area (Å²) in [4.78, 5) is 6.96. The van der Waals surface area contributed by atoms with Crippen LogP contribution in [0.1, 0.15) is 23.8 Å². The van der Waals surface area contributed by atoms with Crippen LogP contribution in [0.3, 0.4) is 0 Å². The maximum atomic E-state index is 6.42. The van der Waals surface area contributed by atoms with Crippen molar-refractivity contribution in [3.63, 3.8) is 0 Å². The molecule has 1 fully saturated rings. The Morgan fingerprint density at radius 2 is 2.07 bits per heavy atom. The first-order valence-electron chi connectivity index (χ1n) is 9.48. The summed E-state index contributed by atoms with van der Waals surface area (Å²) < 4.78 is 21.7. The monoisotopic (exact) mass is 413 g/mol. The molecule has 150 valence electrons. The Bertz CT molecular complexity index is 1040. The SMILES string of the molecule is COc1cccc(-c2noc([C@@H]3CCN(Cc4cc5c(cc4Cl)OCO5)C3)n2)c1. The van der Waals surface area contributed by atoms with Crippen molar-refractivity contribution in [2.75, 3.05) is 27.0 Å². The molecule has 7 nitrogen and oxygen atoms in total. The van der Waals surface area contributed by atoms with E-state index in [9.17, 15) is 0 Å². The fourth-order valence-corrected chi connectivity index (χ4v) is 3.99.